The van der Waals surface area contributed by atoms with Gasteiger partial charge in [-0.05, 0) is 29.9 Å². The van der Waals surface area contributed by atoms with Crippen LogP contribution in [0.5, 0.6) is 0 Å². The lowest BCUT2D eigenvalue weighted by atomic mass is 9.84. The molecule has 80 valence electrons. The molecule has 1 saturated heterocycles. The third-order valence-corrected chi connectivity index (χ3v) is 3.82. The second-order valence-electron chi connectivity index (χ2n) is 4.96. The molecule has 0 bridgehead atoms. The highest BCUT2D eigenvalue weighted by molar-refractivity contribution is 5.29. The van der Waals surface area contributed by atoms with Crippen LogP contribution >= 0.6 is 0 Å². The van der Waals surface area contributed by atoms with Crippen molar-refractivity contribution in [1.29, 1.82) is 0 Å². The van der Waals surface area contributed by atoms with Crippen molar-refractivity contribution in [1.82, 2.24) is 5.32 Å². The minimum Gasteiger partial charge on any atom is -0.307 e. The lowest BCUT2D eigenvalue weighted by Crippen LogP contribution is -2.04. The third kappa shape index (κ3) is 2.07. The molecule has 1 aliphatic carbocycles. The van der Waals surface area contributed by atoms with Crippen LogP contribution in [0.4, 0.5) is 0 Å². The molecule has 0 spiro atoms. The first-order chi connectivity index (χ1) is 7.43. The molecule has 2 fully saturated rings. The Balaban J connectivity index is 1.73. The van der Waals surface area contributed by atoms with Gasteiger partial charge in [0.25, 0.3) is 0 Å². The van der Waals surface area contributed by atoms with Crippen LogP contribution in [0.1, 0.15) is 55.2 Å². The Morgan fingerprint density at radius 3 is 2.07 bits per heavy atom. The molecule has 1 aliphatic heterocycles. The molecule has 1 unspecified atom stereocenters. The molecular formula is C14H19N. The second-order valence-corrected chi connectivity index (χ2v) is 4.96. The van der Waals surface area contributed by atoms with Crippen molar-refractivity contribution < 1.29 is 0 Å². The second kappa shape index (κ2) is 3.97. The first-order valence-corrected chi connectivity index (χ1v) is 6.27. The molecule has 1 heteroatoms. The highest BCUT2D eigenvalue weighted by Crippen LogP contribution is 2.33. The summed E-state index contributed by atoms with van der Waals surface area (Å²) >= 11 is 0. The van der Waals surface area contributed by atoms with Gasteiger partial charge in [-0.3, -0.25) is 0 Å². The fraction of sp³-hybridized carbons (Fsp3) is 0.571. The summed E-state index contributed by atoms with van der Waals surface area (Å²) in [5.74, 6) is 0.847. The normalized spacial score (nSPS) is 26.5. The Morgan fingerprint density at radius 1 is 0.867 bits per heavy atom. The van der Waals surface area contributed by atoms with Gasteiger partial charge in [0.1, 0.15) is 0 Å². The highest BCUT2D eigenvalue weighted by Gasteiger charge is 2.22. The Kier molecular flexibility index (Phi) is 2.49. The molecule has 15 heavy (non-hydrogen) atoms. The Morgan fingerprint density at radius 2 is 1.47 bits per heavy atom. The summed E-state index contributed by atoms with van der Waals surface area (Å²) in [6, 6.07) is 9.99. The van der Waals surface area contributed by atoms with Gasteiger partial charge in [-0.1, -0.05) is 43.5 Å². The van der Waals surface area contributed by atoms with Crippen molar-refractivity contribution >= 4 is 0 Å². The van der Waals surface area contributed by atoms with Gasteiger partial charge in [0.15, 0.2) is 0 Å². The quantitative estimate of drug-likeness (QED) is 0.728. The van der Waals surface area contributed by atoms with Crippen LogP contribution in [0.25, 0.3) is 0 Å². The van der Waals surface area contributed by atoms with Crippen molar-refractivity contribution in [3.8, 4) is 0 Å². The predicted molar refractivity (Wildman–Crippen MR) is 63.0 cm³/mol. The van der Waals surface area contributed by atoms with E-state index in [1.165, 1.54) is 44.2 Å². The number of nitrogens with one attached hydrogen (secondary N) is 1. The predicted octanol–water partition coefficient (Wildman–Crippen LogP) is 3.38. The summed E-state index contributed by atoms with van der Waals surface area (Å²) in [4.78, 5) is 0. The molecule has 1 aromatic carbocycles. The third-order valence-electron chi connectivity index (χ3n) is 3.82. The summed E-state index contributed by atoms with van der Waals surface area (Å²) < 4.78 is 0. The Bertz CT molecular complexity index is 318. The van der Waals surface area contributed by atoms with Crippen LogP contribution in [-0.4, -0.2) is 6.54 Å². The lowest BCUT2D eigenvalue weighted by molar-refractivity contribution is 0.443. The monoisotopic (exact) mass is 201 g/mol. The zero-order valence-electron chi connectivity index (χ0n) is 9.21. The fourth-order valence-corrected chi connectivity index (χ4v) is 2.73. The lowest BCUT2D eigenvalue weighted by Gasteiger charge is -2.22. The number of benzene rings is 1. The van der Waals surface area contributed by atoms with Crippen molar-refractivity contribution in [2.24, 2.45) is 0 Å². The molecule has 1 saturated carbocycles. The van der Waals surface area contributed by atoms with Crippen LogP contribution in [0.3, 0.4) is 0 Å². The van der Waals surface area contributed by atoms with Crippen molar-refractivity contribution in [2.75, 3.05) is 6.54 Å². The zero-order valence-corrected chi connectivity index (χ0v) is 9.21. The summed E-state index contributed by atoms with van der Waals surface area (Å²) in [5, 5.41) is 3.35. The SMILES string of the molecule is c1cc(C2CN2)ccc1C1CCCCC1. The largest absolute Gasteiger partial charge is 0.307 e. The first-order valence-electron chi connectivity index (χ1n) is 6.27. The average molecular weight is 201 g/mol. The van der Waals surface area contributed by atoms with Gasteiger partial charge in [0.05, 0.1) is 0 Å². The van der Waals surface area contributed by atoms with E-state index in [1.807, 2.05) is 0 Å². The molecule has 0 aromatic heterocycles. The van der Waals surface area contributed by atoms with Crippen molar-refractivity contribution in [3.63, 3.8) is 0 Å². The number of hydrogen-bond donors (Lipinski definition) is 1. The van der Waals surface area contributed by atoms with Crippen LogP contribution in [0.15, 0.2) is 24.3 Å². The average Bonchev–Trinajstić information content (AvgIpc) is 3.15. The fourth-order valence-electron chi connectivity index (χ4n) is 2.73. The van der Waals surface area contributed by atoms with E-state index in [-0.39, 0.29) is 0 Å². The molecule has 0 amide bonds. The Labute approximate surface area is 91.9 Å². The maximum Gasteiger partial charge on any atom is 0.0447 e. The minimum atomic E-state index is 0.658. The summed E-state index contributed by atoms with van der Waals surface area (Å²) in [5.41, 5.74) is 3.04. The minimum absolute atomic E-state index is 0.658. The van der Waals surface area contributed by atoms with Crippen LogP contribution in [0.2, 0.25) is 0 Å². The van der Waals surface area contributed by atoms with E-state index in [9.17, 15) is 0 Å². The molecule has 1 N–H and O–H groups in total. The van der Waals surface area contributed by atoms with E-state index in [4.69, 9.17) is 0 Å². The highest BCUT2D eigenvalue weighted by atomic mass is 15.1. The van der Waals surface area contributed by atoms with E-state index in [0.717, 1.165) is 5.92 Å². The van der Waals surface area contributed by atoms with Gasteiger partial charge in [-0.25, -0.2) is 0 Å². The molecule has 3 rings (SSSR count). The van der Waals surface area contributed by atoms with Crippen molar-refractivity contribution in [3.05, 3.63) is 35.4 Å². The maximum atomic E-state index is 3.35. The Hall–Kier alpha value is -0.820. The van der Waals surface area contributed by atoms with Crippen LogP contribution < -0.4 is 5.32 Å². The van der Waals surface area contributed by atoms with Crippen molar-refractivity contribution in [2.45, 2.75) is 44.1 Å². The molecule has 0 radical (unpaired) electrons. The molecular weight excluding hydrogens is 182 g/mol. The van der Waals surface area contributed by atoms with Gasteiger partial charge < -0.3 is 5.32 Å². The molecule has 1 heterocycles. The number of rotatable bonds is 2. The van der Waals surface area contributed by atoms with E-state index in [1.54, 1.807) is 5.56 Å². The molecule has 1 aromatic rings. The molecule has 1 nitrogen and oxygen atoms in total. The number of hydrogen-bond acceptors (Lipinski definition) is 1. The standard InChI is InChI=1S/C14H19N/c1-2-4-11(5-3-1)12-6-8-13(9-7-12)14-10-15-14/h6-9,11,14-15H,1-5,10H2. The zero-order chi connectivity index (χ0) is 10.1. The van der Waals surface area contributed by atoms with Gasteiger partial charge >= 0.3 is 0 Å². The summed E-state index contributed by atoms with van der Waals surface area (Å²) in [6.07, 6.45) is 7.11. The van der Waals surface area contributed by atoms with E-state index >= 15 is 0 Å². The first kappa shape index (κ1) is 9.41. The van der Waals surface area contributed by atoms with Crippen LogP contribution in [0, 0.1) is 0 Å². The van der Waals surface area contributed by atoms with Crippen LogP contribution in [-0.2, 0) is 0 Å². The summed E-state index contributed by atoms with van der Waals surface area (Å²) in [7, 11) is 0. The maximum absolute atomic E-state index is 3.35. The smallest absolute Gasteiger partial charge is 0.0447 e. The molecule has 1 atom stereocenters. The molecule has 2 aliphatic rings. The van der Waals surface area contributed by atoms with Gasteiger partial charge in [0, 0.05) is 12.6 Å². The van der Waals surface area contributed by atoms with E-state index in [2.05, 4.69) is 29.6 Å². The van der Waals surface area contributed by atoms with E-state index < -0.39 is 0 Å². The van der Waals surface area contributed by atoms with E-state index in [0.29, 0.717) is 6.04 Å². The summed E-state index contributed by atoms with van der Waals surface area (Å²) in [6.45, 7) is 1.17. The van der Waals surface area contributed by atoms with Gasteiger partial charge in [-0.15, -0.1) is 0 Å². The van der Waals surface area contributed by atoms with Gasteiger partial charge in [0.2, 0.25) is 0 Å². The topological polar surface area (TPSA) is 21.9 Å². The van der Waals surface area contributed by atoms with Gasteiger partial charge in [-0.2, -0.15) is 0 Å².